The molecule has 0 aromatic heterocycles. The van der Waals surface area contributed by atoms with Crippen LogP contribution in [0.2, 0.25) is 0 Å². The van der Waals surface area contributed by atoms with Crippen LogP contribution in [0.25, 0.3) is 0 Å². The third-order valence-corrected chi connectivity index (χ3v) is 2.75. The Morgan fingerprint density at radius 3 is 2.24 bits per heavy atom. The molecule has 0 aliphatic carbocycles. The number of rotatable bonds is 4. The van der Waals surface area contributed by atoms with Gasteiger partial charge < -0.3 is 10.4 Å². The van der Waals surface area contributed by atoms with Crippen LogP contribution in [0.5, 0.6) is 0 Å². The minimum atomic E-state index is -4.94. The summed E-state index contributed by atoms with van der Waals surface area (Å²) >= 11 is 0. The Kier molecular flexibility index (Phi) is 4.93. The summed E-state index contributed by atoms with van der Waals surface area (Å²) in [7, 11) is 0. The molecule has 0 fully saturated rings. The van der Waals surface area contributed by atoms with E-state index in [1.165, 1.54) is 13.8 Å². The van der Waals surface area contributed by atoms with Crippen molar-refractivity contribution < 1.29 is 32.3 Å². The molecule has 116 valence electrons. The van der Waals surface area contributed by atoms with E-state index < -0.39 is 47.0 Å². The zero-order valence-corrected chi connectivity index (χ0v) is 11.2. The van der Waals surface area contributed by atoms with Crippen molar-refractivity contribution in [3.63, 3.8) is 0 Å². The van der Waals surface area contributed by atoms with E-state index in [1.54, 1.807) is 0 Å². The molecule has 1 atom stereocenters. The average molecular weight is 307 g/mol. The van der Waals surface area contributed by atoms with Gasteiger partial charge in [0.25, 0.3) is 5.91 Å². The number of hydrogen-bond donors (Lipinski definition) is 2. The highest BCUT2D eigenvalue weighted by Crippen LogP contribution is 2.31. The van der Waals surface area contributed by atoms with Crippen LogP contribution in [0, 0.1) is 11.7 Å². The molecule has 0 saturated heterocycles. The number of carbonyl (C=O) groups excluding carboxylic acids is 1. The summed E-state index contributed by atoms with van der Waals surface area (Å²) in [6.45, 7) is 3.07. The average Bonchev–Trinajstić information content (AvgIpc) is 2.33. The topological polar surface area (TPSA) is 66.4 Å². The Morgan fingerprint density at radius 1 is 1.24 bits per heavy atom. The second-order valence-corrected chi connectivity index (χ2v) is 4.73. The molecule has 0 radical (unpaired) electrons. The van der Waals surface area contributed by atoms with E-state index in [1.807, 2.05) is 0 Å². The highest BCUT2D eigenvalue weighted by atomic mass is 19.4. The number of aliphatic carboxylic acids is 1. The lowest BCUT2D eigenvalue weighted by molar-refractivity contribution is -0.141. The smallest absolute Gasteiger partial charge is 0.419 e. The Bertz CT molecular complexity index is 555. The maximum Gasteiger partial charge on any atom is 0.419 e. The van der Waals surface area contributed by atoms with Crippen LogP contribution in [-0.2, 0) is 11.0 Å². The van der Waals surface area contributed by atoms with E-state index >= 15 is 0 Å². The van der Waals surface area contributed by atoms with Gasteiger partial charge in [0.15, 0.2) is 0 Å². The molecule has 1 amide bonds. The molecular formula is C13H13F4NO3. The van der Waals surface area contributed by atoms with Crippen LogP contribution in [-0.4, -0.2) is 23.0 Å². The SMILES string of the molecule is CC(C)[C@H](NC(=O)c1ccc(F)c(C(F)(F)F)c1)C(=O)O. The van der Waals surface area contributed by atoms with Gasteiger partial charge in [-0.3, -0.25) is 4.79 Å². The van der Waals surface area contributed by atoms with Gasteiger partial charge in [-0.2, -0.15) is 13.2 Å². The molecule has 21 heavy (non-hydrogen) atoms. The lowest BCUT2D eigenvalue weighted by Gasteiger charge is -2.18. The lowest BCUT2D eigenvalue weighted by atomic mass is 10.0. The fourth-order valence-electron chi connectivity index (χ4n) is 1.62. The molecule has 0 unspecified atom stereocenters. The van der Waals surface area contributed by atoms with Crippen molar-refractivity contribution in [3.05, 3.63) is 35.1 Å². The second-order valence-electron chi connectivity index (χ2n) is 4.73. The molecule has 0 aliphatic rings. The Morgan fingerprint density at radius 2 is 1.81 bits per heavy atom. The van der Waals surface area contributed by atoms with Crippen molar-refractivity contribution in [3.8, 4) is 0 Å². The van der Waals surface area contributed by atoms with Crippen LogP contribution in [0.4, 0.5) is 17.6 Å². The van der Waals surface area contributed by atoms with Crippen LogP contribution >= 0.6 is 0 Å². The number of amides is 1. The highest BCUT2D eigenvalue weighted by molar-refractivity contribution is 5.96. The number of halogens is 4. The summed E-state index contributed by atoms with van der Waals surface area (Å²) < 4.78 is 50.7. The number of hydrogen-bond acceptors (Lipinski definition) is 2. The minimum Gasteiger partial charge on any atom is -0.480 e. The minimum absolute atomic E-state index is 0.351. The fourth-order valence-corrected chi connectivity index (χ4v) is 1.62. The van der Waals surface area contributed by atoms with E-state index in [0.29, 0.717) is 12.1 Å². The molecule has 8 heteroatoms. The number of carboxylic acids is 1. The van der Waals surface area contributed by atoms with E-state index in [0.717, 1.165) is 6.07 Å². The predicted molar refractivity (Wildman–Crippen MR) is 65.1 cm³/mol. The predicted octanol–water partition coefficient (Wildman–Crippen LogP) is 2.68. The summed E-state index contributed by atoms with van der Waals surface area (Å²) in [5.74, 6) is -4.29. The third-order valence-electron chi connectivity index (χ3n) is 2.75. The number of carbonyl (C=O) groups is 2. The zero-order chi connectivity index (χ0) is 16.4. The van der Waals surface area contributed by atoms with E-state index in [9.17, 15) is 27.2 Å². The first-order valence-corrected chi connectivity index (χ1v) is 5.94. The number of benzene rings is 1. The molecule has 0 bridgehead atoms. The molecule has 0 heterocycles. The van der Waals surface area contributed by atoms with Crippen molar-refractivity contribution >= 4 is 11.9 Å². The van der Waals surface area contributed by atoms with Gasteiger partial charge in [0.05, 0.1) is 5.56 Å². The van der Waals surface area contributed by atoms with Gasteiger partial charge in [0.1, 0.15) is 11.9 Å². The van der Waals surface area contributed by atoms with Gasteiger partial charge in [-0.25, -0.2) is 9.18 Å². The summed E-state index contributed by atoms with van der Waals surface area (Å²) in [4.78, 5) is 22.7. The number of nitrogens with one attached hydrogen (secondary N) is 1. The standard InChI is InChI=1S/C13H13F4NO3/c1-6(2)10(12(20)21)18-11(19)7-3-4-9(14)8(5-7)13(15,16)17/h3-6,10H,1-2H3,(H,18,19)(H,20,21)/t10-/m0/s1. The van der Waals surface area contributed by atoms with E-state index in [-0.39, 0.29) is 0 Å². The van der Waals surface area contributed by atoms with Crippen molar-refractivity contribution in [1.29, 1.82) is 0 Å². The normalized spacial score (nSPS) is 13.1. The molecule has 4 nitrogen and oxygen atoms in total. The van der Waals surface area contributed by atoms with Gasteiger partial charge in [-0.15, -0.1) is 0 Å². The van der Waals surface area contributed by atoms with Crippen LogP contribution in [0.1, 0.15) is 29.8 Å². The molecule has 1 aromatic rings. The summed E-state index contributed by atoms with van der Waals surface area (Å²) in [6, 6.07) is 0.475. The monoisotopic (exact) mass is 307 g/mol. The van der Waals surface area contributed by atoms with E-state index in [2.05, 4.69) is 5.32 Å². The maximum absolute atomic E-state index is 13.1. The van der Waals surface area contributed by atoms with Crippen molar-refractivity contribution in [1.82, 2.24) is 5.32 Å². The third kappa shape index (κ3) is 4.17. The number of carboxylic acid groups (broad SMARTS) is 1. The molecule has 0 aliphatic heterocycles. The molecule has 0 spiro atoms. The fraction of sp³-hybridized carbons (Fsp3) is 0.385. The molecule has 0 saturated carbocycles. The molecule has 2 N–H and O–H groups in total. The Labute approximate surface area is 117 Å². The van der Waals surface area contributed by atoms with Crippen molar-refractivity contribution in [2.45, 2.75) is 26.1 Å². The number of alkyl halides is 3. The lowest BCUT2D eigenvalue weighted by Crippen LogP contribution is -2.44. The maximum atomic E-state index is 13.1. The van der Waals surface area contributed by atoms with Crippen molar-refractivity contribution in [2.75, 3.05) is 0 Å². The molecule has 1 rings (SSSR count). The van der Waals surface area contributed by atoms with E-state index in [4.69, 9.17) is 5.11 Å². The van der Waals surface area contributed by atoms with Crippen LogP contribution in [0.3, 0.4) is 0 Å². The first kappa shape index (κ1) is 16.9. The van der Waals surface area contributed by atoms with Crippen LogP contribution in [0.15, 0.2) is 18.2 Å². The quantitative estimate of drug-likeness (QED) is 0.841. The summed E-state index contributed by atoms with van der Waals surface area (Å²) in [5, 5.41) is 11.0. The summed E-state index contributed by atoms with van der Waals surface area (Å²) in [5.41, 5.74) is -2.04. The first-order valence-electron chi connectivity index (χ1n) is 5.94. The summed E-state index contributed by atoms with van der Waals surface area (Å²) in [6.07, 6.45) is -4.94. The Balaban J connectivity index is 3.06. The van der Waals surface area contributed by atoms with Gasteiger partial charge in [0, 0.05) is 5.56 Å². The largest absolute Gasteiger partial charge is 0.480 e. The van der Waals surface area contributed by atoms with Crippen molar-refractivity contribution in [2.24, 2.45) is 5.92 Å². The van der Waals surface area contributed by atoms with Gasteiger partial charge >= 0.3 is 12.1 Å². The molecule has 1 aromatic carbocycles. The Hall–Kier alpha value is -2.12. The van der Waals surface area contributed by atoms with Crippen LogP contribution < -0.4 is 5.32 Å². The highest BCUT2D eigenvalue weighted by Gasteiger charge is 2.35. The first-order chi connectivity index (χ1) is 9.54. The van der Waals surface area contributed by atoms with Gasteiger partial charge in [-0.05, 0) is 24.1 Å². The zero-order valence-electron chi connectivity index (χ0n) is 11.2. The van der Waals surface area contributed by atoms with Gasteiger partial charge in [-0.1, -0.05) is 13.8 Å². The van der Waals surface area contributed by atoms with Gasteiger partial charge in [0.2, 0.25) is 0 Å². The molecular weight excluding hydrogens is 294 g/mol. The second kappa shape index (κ2) is 6.11.